The molecular weight excluding hydrogens is 403 g/mol. The molecule has 6 rings (SSSR count). The first-order valence-electron chi connectivity index (χ1n) is 11.4. The second kappa shape index (κ2) is 7.18. The Labute approximate surface area is 181 Å². The summed E-state index contributed by atoms with van der Waals surface area (Å²) in [7, 11) is 1.69. The third-order valence-corrected chi connectivity index (χ3v) is 7.92. The van der Waals surface area contributed by atoms with Gasteiger partial charge in [0.1, 0.15) is 17.4 Å². The van der Waals surface area contributed by atoms with Crippen molar-refractivity contribution in [3.05, 3.63) is 11.3 Å². The lowest BCUT2D eigenvalue weighted by Crippen LogP contribution is -2.66. The molecule has 0 spiro atoms. The van der Waals surface area contributed by atoms with E-state index in [2.05, 4.69) is 10.4 Å². The first kappa shape index (κ1) is 20.7. The van der Waals surface area contributed by atoms with Crippen molar-refractivity contribution in [2.24, 2.45) is 16.9 Å². The molecule has 2 heterocycles. The molecular formula is C22H31FN4O4. The van der Waals surface area contributed by atoms with Gasteiger partial charge in [0.2, 0.25) is 0 Å². The van der Waals surface area contributed by atoms with E-state index in [1.165, 1.54) is 4.90 Å². The molecule has 2 aliphatic heterocycles. The number of hydrazone groups is 1. The maximum Gasteiger partial charge on any atom is 0.263 e. The van der Waals surface area contributed by atoms with Crippen LogP contribution in [0.1, 0.15) is 51.4 Å². The van der Waals surface area contributed by atoms with E-state index in [1.54, 1.807) is 18.3 Å². The molecule has 6 aliphatic rings. The number of hydrogen-bond donors (Lipinski definition) is 3. The fourth-order valence-corrected chi connectivity index (χ4v) is 7.18. The number of aliphatic hydroxyl groups is 2. The fourth-order valence-electron chi connectivity index (χ4n) is 7.18. The van der Waals surface area contributed by atoms with Gasteiger partial charge in [-0.15, -0.1) is 0 Å². The molecule has 0 aromatic carbocycles. The van der Waals surface area contributed by atoms with Crippen molar-refractivity contribution in [3.63, 3.8) is 0 Å². The van der Waals surface area contributed by atoms with E-state index in [1.807, 2.05) is 0 Å². The largest absolute Gasteiger partial charge is 0.509 e. The lowest BCUT2D eigenvalue weighted by atomic mass is 9.51. The molecule has 4 bridgehead atoms. The van der Waals surface area contributed by atoms with Crippen LogP contribution >= 0.6 is 0 Å². The molecule has 0 radical (unpaired) electrons. The van der Waals surface area contributed by atoms with Crippen LogP contribution < -0.4 is 5.32 Å². The molecule has 2 amide bonds. The lowest BCUT2D eigenvalue weighted by molar-refractivity contribution is -0.150. The number of nitrogens with one attached hydrogen (secondary N) is 1. The van der Waals surface area contributed by atoms with Crippen LogP contribution in [0.5, 0.6) is 0 Å². The molecule has 4 saturated carbocycles. The normalized spacial score (nSPS) is 40.7. The summed E-state index contributed by atoms with van der Waals surface area (Å²) in [4.78, 5) is 28.2. The molecule has 31 heavy (non-hydrogen) atoms. The van der Waals surface area contributed by atoms with Gasteiger partial charge < -0.3 is 20.4 Å². The molecule has 0 aromatic rings. The monoisotopic (exact) mass is 434 g/mol. The number of unbranched alkanes of at least 4 members (excludes halogenated alkanes) is 1. The van der Waals surface area contributed by atoms with E-state index in [9.17, 15) is 24.2 Å². The van der Waals surface area contributed by atoms with Gasteiger partial charge in [-0.1, -0.05) is 0 Å². The number of alkyl halides is 1. The Kier molecular flexibility index (Phi) is 4.80. The van der Waals surface area contributed by atoms with Crippen molar-refractivity contribution in [2.45, 2.75) is 74.6 Å². The third-order valence-electron chi connectivity index (χ3n) is 7.92. The first-order valence-corrected chi connectivity index (χ1v) is 11.4. The maximum absolute atomic E-state index is 13.4. The average molecular weight is 435 g/mol. The van der Waals surface area contributed by atoms with Crippen molar-refractivity contribution in [1.82, 2.24) is 15.2 Å². The van der Waals surface area contributed by atoms with Gasteiger partial charge in [0.15, 0.2) is 0 Å². The minimum atomic E-state index is -0.743. The lowest BCUT2D eigenvalue weighted by Gasteiger charge is -2.60. The molecule has 170 valence electrons. The summed E-state index contributed by atoms with van der Waals surface area (Å²) in [6.45, 7) is -0.171. The summed E-state index contributed by atoms with van der Waals surface area (Å²) in [5, 5.41) is 30.8. The predicted molar refractivity (Wildman–Crippen MR) is 111 cm³/mol. The number of rotatable bonds is 6. The molecule has 9 heteroatoms. The zero-order valence-electron chi connectivity index (χ0n) is 17.9. The number of amides is 2. The summed E-state index contributed by atoms with van der Waals surface area (Å²) >= 11 is 0. The zero-order valence-corrected chi connectivity index (χ0v) is 17.9. The minimum absolute atomic E-state index is 0.249. The van der Waals surface area contributed by atoms with Crippen LogP contribution in [0.4, 0.5) is 4.39 Å². The van der Waals surface area contributed by atoms with Gasteiger partial charge in [-0.05, 0) is 63.2 Å². The first-order chi connectivity index (χ1) is 14.7. The second-order valence-corrected chi connectivity index (χ2v) is 10.3. The van der Waals surface area contributed by atoms with Crippen LogP contribution in [0, 0.1) is 11.8 Å². The summed E-state index contributed by atoms with van der Waals surface area (Å²) in [5.41, 5.74) is -1.52. The van der Waals surface area contributed by atoms with Gasteiger partial charge in [0.05, 0.1) is 18.3 Å². The highest BCUT2D eigenvalue weighted by molar-refractivity contribution is 6.20. The molecule has 0 saturated heterocycles. The van der Waals surface area contributed by atoms with Crippen LogP contribution in [0.3, 0.4) is 0 Å². The highest BCUT2D eigenvalue weighted by atomic mass is 19.1. The number of aliphatic hydroxyl groups excluding tert-OH is 1. The quantitative estimate of drug-likeness (QED) is 0.431. The smallest absolute Gasteiger partial charge is 0.263 e. The van der Waals surface area contributed by atoms with Crippen LogP contribution in [0.25, 0.3) is 0 Å². The van der Waals surface area contributed by atoms with Crippen LogP contribution in [0.15, 0.2) is 16.4 Å². The number of carbonyl (C=O) groups is 2. The predicted octanol–water partition coefficient (Wildman–Crippen LogP) is 1.26. The van der Waals surface area contributed by atoms with Gasteiger partial charge in [-0.25, -0.2) is 0 Å². The number of likely N-dealkylation sites (N-methyl/N-ethyl adjacent to an activating group) is 1. The second-order valence-electron chi connectivity index (χ2n) is 10.3. The molecule has 0 aromatic heterocycles. The topological polar surface area (TPSA) is 105 Å². The Balaban J connectivity index is 1.41. The molecule has 4 unspecified atom stereocenters. The van der Waals surface area contributed by atoms with Crippen LogP contribution in [-0.2, 0) is 9.59 Å². The van der Waals surface area contributed by atoms with E-state index in [0.717, 1.165) is 32.1 Å². The zero-order chi connectivity index (χ0) is 22.0. The van der Waals surface area contributed by atoms with Gasteiger partial charge >= 0.3 is 0 Å². The highest BCUT2D eigenvalue weighted by Gasteiger charge is 2.58. The van der Waals surface area contributed by atoms with Crippen molar-refractivity contribution < 1.29 is 24.2 Å². The molecule has 4 fully saturated rings. The SMILES string of the molecule is CN1N=CC2C1C(O)=C(C(=O)NC13CC4CC(CC(O)(C4)C1)C3)C(=O)N2CCCCF. The van der Waals surface area contributed by atoms with E-state index in [4.69, 9.17) is 0 Å². The maximum atomic E-state index is 13.4. The van der Waals surface area contributed by atoms with Gasteiger partial charge in [0.25, 0.3) is 11.8 Å². The number of carbonyl (C=O) groups excluding carboxylic acids is 2. The van der Waals surface area contributed by atoms with Gasteiger partial charge in [0, 0.05) is 25.3 Å². The van der Waals surface area contributed by atoms with E-state index < -0.39 is 41.7 Å². The van der Waals surface area contributed by atoms with Crippen LogP contribution in [-0.4, -0.2) is 81.6 Å². The number of nitrogens with zero attached hydrogens (tertiary/aromatic N) is 3. The molecule has 3 N–H and O–H groups in total. The van der Waals surface area contributed by atoms with Crippen molar-refractivity contribution in [1.29, 1.82) is 0 Å². The highest BCUT2D eigenvalue weighted by Crippen LogP contribution is 2.57. The van der Waals surface area contributed by atoms with Crippen molar-refractivity contribution in [2.75, 3.05) is 20.3 Å². The number of halogens is 1. The van der Waals surface area contributed by atoms with Gasteiger partial charge in [-0.3, -0.25) is 19.0 Å². The van der Waals surface area contributed by atoms with E-state index >= 15 is 0 Å². The van der Waals surface area contributed by atoms with Crippen LogP contribution in [0.2, 0.25) is 0 Å². The molecule has 4 atom stereocenters. The standard InChI is InChI=1S/C22H31FN4O4/c1-26-17-15(11-24-26)27(5-3-2-4-23)20(30)16(18(17)28)19(29)25-21-7-13-6-14(8-21)10-22(31,9-13)12-21/h11,13-15,17,28,31H,2-10,12H2,1H3,(H,25,29). The fraction of sp³-hybridized carbons (Fsp3) is 0.773. The number of hydrogen-bond acceptors (Lipinski definition) is 6. The Morgan fingerprint density at radius 1 is 1.29 bits per heavy atom. The van der Waals surface area contributed by atoms with Gasteiger partial charge in [-0.2, -0.15) is 5.10 Å². The Hall–Kier alpha value is -2.16. The Morgan fingerprint density at radius 3 is 2.65 bits per heavy atom. The molecule has 4 aliphatic carbocycles. The average Bonchev–Trinajstić information content (AvgIpc) is 3.04. The van der Waals surface area contributed by atoms with Crippen molar-refractivity contribution in [3.8, 4) is 0 Å². The Morgan fingerprint density at radius 2 is 2.00 bits per heavy atom. The third kappa shape index (κ3) is 3.32. The molecule has 8 nitrogen and oxygen atoms in total. The Bertz CT molecular complexity index is 844. The van der Waals surface area contributed by atoms with E-state index in [-0.39, 0.29) is 11.3 Å². The summed E-state index contributed by atoms with van der Waals surface area (Å²) < 4.78 is 12.6. The summed E-state index contributed by atoms with van der Waals surface area (Å²) in [6.07, 6.45) is 7.14. The van der Waals surface area contributed by atoms with Crippen molar-refractivity contribution >= 4 is 18.0 Å². The summed E-state index contributed by atoms with van der Waals surface area (Å²) in [6, 6.07) is -1.10. The van der Waals surface area contributed by atoms with E-state index in [0.29, 0.717) is 37.6 Å². The minimum Gasteiger partial charge on any atom is -0.509 e. The summed E-state index contributed by atoms with van der Waals surface area (Å²) in [5.74, 6) is -0.625. The number of fused-ring (bicyclic) bond motifs is 1.